The topological polar surface area (TPSA) is 58.6 Å². The van der Waals surface area contributed by atoms with E-state index < -0.39 is 0 Å². The second-order valence-electron chi connectivity index (χ2n) is 4.08. The third kappa shape index (κ3) is 1.84. The summed E-state index contributed by atoms with van der Waals surface area (Å²) in [5.41, 5.74) is 0. The van der Waals surface area contributed by atoms with Crippen molar-refractivity contribution in [1.82, 2.24) is 10.2 Å². The van der Waals surface area contributed by atoms with Crippen molar-refractivity contribution >= 4 is 11.8 Å². The van der Waals surface area contributed by atoms with Gasteiger partial charge in [0, 0.05) is 20.2 Å². The van der Waals surface area contributed by atoms with E-state index >= 15 is 0 Å². The predicted octanol–water partition coefficient (Wildman–Crippen LogP) is -0.630. The monoisotopic (exact) mass is 212 g/mol. The van der Waals surface area contributed by atoms with Gasteiger partial charge in [-0.3, -0.25) is 9.59 Å². The molecule has 0 aliphatic carbocycles. The highest BCUT2D eigenvalue weighted by atomic mass is 16.5. The van der Waals surface area contributed by atoms with E-state index in [4.69, 9.17) is 4.74 Å². The van der Waals surface area contributed by atoms with Crippen molar-refractivity contribution in [2.45, 2.75) is 18.9 Å². The minimum atomic E-state index is -0.0105. The van der Waals surface area contributed by atoms with Crippen molar-refractivity contribution in [3.05, 3.63) is 0 Å². The fraction of sp³-hybridized carbons (Fsp3) is 0.800. The molecule has 5 heteroatoms. The van der Waals surface area contributed by atoms with E-state index in [1.807, 2.05) is 0 Å². The molecule has 1 N–H and O–H groups in total. The van der Waals surface area contributed by atoms with Crippen molar-refractivity contribution < 1.29 is 14.3 Å². The molecule has 2 atom stereocenters. The van der Waals surface area contributed by atoms with Crippen LogP contribution in [0.5, 0.6) is 0 Å². The minimum absolute atomic E-state index is 0.000411. The highest BCUT2D eigenvalue weighted by Crippen LogP contribution is 2.27. The van der Waals surface area contributed by atoms with E-state index in [9.17, 15) is 9.59 Å². The number of hydrogen-bond acceptors (Lipinski definition) is 3. The summed E-state index contributed by atoms with van der Waals surface area (Å²) in [6.07, 6.45) is 1.80. The number of likely N-dealkylation sites (tertiary alicyclic amines) is 1. The molecule has 0 saturated carbocycles. The van der Waals surface area contributed by atoms with Gasteiger partial charge in [-0.05, 0) is 12.8 Å². The SMILES string of the molecule is COCC(=O)N1CCCC2C(=O)NCC21. The number of fused-ring (bicyclic) bond motifs is 1. The summed E-state index contributed by atoms with van der Waals surface area (Å²) >= 11 is 0. The molecule has 0 bridgehead atoms. The first-order chi connectivity index (χ1) is 7.24. The van der Waals surface area contributed by atoms with E-state index in [1.54, 1.807) is 4.90 Å². The highest BCUT2D eigenvalue weighted by molar-refractivity contribution is 5.85. The largest absolute Gasteiger partial charge is 0.375 e. The number of carbonyl (C=O) groups excluding carboxylic acids is 2. The molecule has 0 aromatic carbocycles. The number of amides is 2. The number of nitrogens with one attached hydrogen (secondary N) is 1. The molecular formula is C10H16N2O3. The van der Waals surface area contributed by atoms with Crippen LogP contribution in [0.15, 0.2) is 0 Å². The quantitative estimate of drug-likeness (QED) is 0.663. The van der Waals surface area contributed by atoms with Crippen LogP contribution >= 0.6 is 0 Å². The maximum absolute atomic E-state index is 11.7. The zero-order valence-electron chi connectivity index (χ0n) is 8.86. The molecule has 2 heterocycles. The molecule has 2 rings (SSSR count). The standard InChI is InChI=1S/C10H16N2O3/c1-15-6-9(13)12-4-2-3-7-8(12)5-11-10(7)14/h7-8H,2-6H2,1H3,(H,11,14). The molecule has 0 aromatic rings. The maximum Gasteiger partial charge on any atom is 0.248 e. The molecule has 0 radical (unpaired) electrons. The van der Waals surface area contributed by atoms with Crippen LogP contribution in [0.3, 0.4) is 0 Å². The van der Waals surface area contributed by atoms with Gasteiger partial charge in [0.05, 0.1) is 12.0 Å². The summed E-state index contributed by atoms with van der Waals surface area (Å²) in [6, 6.07) is 0.0499. The molecule has 2 amide bonds. The summed E-state index contributed by atoms with van der Waals surface area (Å²) in [5, 5.41) is 2.81. The van der Waals surface area contributed by atoms with Crippen molar-refractivity contribution in [2.24, 2.45) is 5.92 Å². The molecular weight excluding hydrogens is 196 g/mol. The fourth-order valence-corrected chi connectivity index (χ4v) is 2.47. The Bertz CT molecular complexity index is 280. The Balaban J connectivity index is 2.06. The predicted molar refractivity (Wildman–Crippen MR) is 53.1 cm³/mol. The summed E-state index contributed by atoms with van der Waals surface area (Å²) in [6.45, 7) is 1.45. The Kier molecular flexibility index (Phi) is 2.90. The maximum atomic E-state index is 11.7. The number of methoxy groups -OCH3 is 1. The molecule has 2 unspecified atom stereocenters. The molecule has 0 spiro atoms. The number of piperidine rings is 1. The van der Waals surface area contributed by atoms with Crippen LogP contribution in [0.2, 0.25) is 0 Å². The van der Waals surface area contributed by atoms with Gasteiger partial charge in [-0.15, -0.1) is 0 Å². The summed E-state index contributed by atoms with van der Waals surface area (Å²) in [7, 11) is 1.51. The van der Waals surface area contributed by atoms with Gasteiger partial charge < -0.3 is 15.0 Å². The van der Waals surface area contributed by atoms with Crippen LogP contribution in [0.4, 0.5) is 0 Å². The smallest absolute Gasteiger partial charge is 0.248 e. The Labute approximate surface area is 88.8 Å². The lowest BCUT2D eigenvalue weighted by Gasteiger charge is -2.35. The van der Waals surface area contributed by atoms with Crippen molar-refractivity contribution in [1.29, 1.82) is 0 Å². The molecule has 2 aliphatic rings. The lowest BCUT2D eigenvalue weighted by molar-refractivity contribution is -0.140. The molecule has 0 aromatic heterocycles. The zero-order valence-corrected chi connectivity index (χ0v) is 8.86. The van der Waals surface area contributed by atoms with Gasteiger partial charge in [0.25, 0.3) is 0 Å². The number of rotatable bonds is 2. The van der Waals surface area contributed by atoms with Crippen molar-refractivity contribution in [3.8, 4) is 0 Å². The van der Waals surface area contributed by atoms with E-state index in [0.29, 0.717) is 6.54 Å². The number of carbonyl (C=O) groups is 2. The van der Waals surface area contributed by atoms with E-state index in [-0.39, 0.29) is 30.4 Å². The van der Waals surface area contributed by atoms with E-state index in [1.165, 1.54) is 7.11 Å². The highest BCUT2D eigenvalue weighted by Gasteiger charge is 2.42. The van der Waals surface area contributed by atoms with Gasteiger partial charge in [-0.25, -0.2) is 0 Å². The Morgan fingerprint density at radius 1 is 1.67 bits per heavy atom. The number of nitrogens with zero attached hydrogens (tertiary/aromatic N) is 1. The first kappa shape index (κ1) is 10.4. The fourth-order valence-electron chi connectivity index (χ4n) is 2.47. The van der Waals surface area contributed by atoms with Gasteiger partial charge in [-0.2, -0.15) is 0 Å². The average molecular weight is 212 g/mol. The Morgan fingerprint density at radius 3 is 3.20 bits per heavy atom. The second-order valence-corrected chi connectivity index (χ2v) is 4.08. The van der Waals surface area contributed by atoms with Crippen molar-refractivity contribution in [3.63, 3.8) is 0 Å². The van der Waals surface area contributed by atoms with E-state index in [0.717, 1.165) is 19.4 Å². The Morgan fingerprint density at radius 2 is 2.47 bits per heavy atom. The van der Waals surface area contributed by atoms with Gasteiger partial charge >= 0.3 is 0 Å². The summed E-state index contributed by atoms with van der Waals surface area (Å²) in [5.74, 6) is 0.0816. The lowest BCUT2D eigenvalue weighted by atomic mass is 9.91. The number of hydrogen-bond donors (Lipinski definition) is 1. The first-order valence-electron chi connectivity index (χ1n) is 5.30. The van der Waals surface area contributed by atoms with Gasteiger partial charge in [-0.1, -0.05) is 0 Å². The van der Waals surface area contributed by atoms with E-state index in [2.05, 4.69) is 5.32 Å². The average Bonchev–Trinajstić information content (AvgIpc) is 2.61. The summed E-state index contributed by atoms with van der Waals surface area (Å²) in [4.78, 5) is 25.0. The van der Waals surface area contributed by atoms with Gasteiger partial charge in [0.1, 0.15) is 6.61 Å². The third-order valence-electron chi connectivity index (χ3n) is 3.19. The molecule has 84 valence electrons. The third-order valence-corrected chi connectivity index (χ3v) is 3.19. The van der Waals surface area contributed by atoms with Crippen LogP contribution < -0.4 is 5.32 Å². The lowest BCUT2D eigenvalue weighted by Crippen LogP contribution is -2.49. The van der Waals surface area contributed by atoms with Gasteiger partial charge in [0.15, 0.2) is 0 Å². The molecule has 2 saturated heterocycles. The van der Waals surface area contributed by atoms with Crippen LogP contribution in [0.25, 0.3) is 0 Å². The molecule has 2 aliphatic heterocycles. The molecule has 5 nitrogen and oxygen atoms in total. The van der Waals surface area contributed by atoms with Crippen LogP contribution in [0, 0.1) is 5.92 Å². The minimum Gasteiger partial charge on any atom is -0.375 e. The van der Waals surface area contributed by atoms with Gasteiger partial charge in [0.2, 0.25) is 11.8 Å². The normalized spacial score (nSPS) is 29.9. The summed E-state index contributed by atoms with van der Waals surface area (Å²) < 4.78 is 4.84. The molecule has 15 heavy (non-hydrogen) atoms. The first-order valence-corrected chi connectivity index (χ1v) is 5.30. The van der Waals surface area contributed by atoms with Crippen LogP contribution in [-0.4, -0.2) is 49.6 Å². The molecule has 2 fully saturated rings. The van der Waals surface area contributed by atoms with Crippen molar-refractivity contribution in [2.75, 3.05) is 26.8 Å². The second kappa shape index (κ2) is 4.18. The Hall–Kier alpha value is -1.10. The van der Waals surface area contributed by atoms with Crippen LogP contribution in [-0.2, 0) is 14.3 Å². The van der Waals surface area contributed by atoms with Crippen LogP contribution in [0.1, 0.15) is 12.8 Å². The zero-order chi connectivity index (χ0) is 10.8. The number of ether oxygens (including phenoxy) is 1.